The van der Waals surface area contributed by atoms with E-state index in [0.29, 0.717) is 54.3 Å². The summed E-state index contributed by atoms with van der Waals surface area (Å²) in [6, 6.07) is 15.4. The second kappa shape index (κ2) is 12.1. The normalized spacial score (nSPS) is 13.8. The molecule has 34 heavy (non-hydrogen) atoms. The van der Waals surface area contributed by atoms with Crippen LogP contribution >= 0.6 is 15.9 Å². The summed E-state index contributed by atoms with van der Waals surface area (Å²) in [5.74, 6) is -0.113. The molecule has 0 bridgehead atoms. The van der Waals surface area contributed by atoms with E-state index in [0.717, 1.165) is 5.69 Å². The third kappa shape index (κ3) is 6.29. The molecule has 8 nitrogen and oxygen atoms in total. The minimum Gasteiger partial charge on any atom is -0.490 e. The molecule has 2 aromatic carbocycles. The highest BCUT2D eigenvalue weighted by Crippen LogP contribution is 2.37. The van der Waals surface area contributed by atoms with E-state index in [-0.39, 0.29) is 18.1 Å². The smallest absolute Gasteiger partial charge is 0.343 e. The second-order valence-corrected chi connectivity index (χ2v) is 8.27. The van der Waals surface area contributed by atoms with Crippen LogP contribution in [-0.4, -0.2) is 63.3 Å². The molecule has 1 aliphatic heterocycles. The number of hydrogen-bond donors (Lipinski definition) is 0. The highest BCUT2D eigenvalue weighted by atomic mass is 79.9. The zero-order valence-corrected chi connectivity index (χ0v) is 20.7. The van der Waals surface area contributed by atoms with Gasteiger partial charge in [0, 0.05) is 31.9 Å². The number of carbonyl (C=O) groups is 2. The van der Waals surface area contributed by atoms with Gasteiger partial charge in [0.15, 0.2) is 18.1 Å². The summed E-state index contributed by atoms with van der Waals surface area (Å²) in [4.78, 5) is 28.4. The van der Waals surface area contributed by atoms with Crippen molar-refractivity contribution >= 4 is 39.6 Å². The Morgan fingerprint density at radius 3 is 2.44 bits per heavy atom. The van der Waals surface area contributed by atoms with Crippen molar-refractivity contribution in [3.8, 4) is 17.6 Å². The van der Waals surface area contributed by atoms with Gasteiger partial charge < -0.3 is 24.0 Å². The minimum atomic E-state index is -0.525. The first kappa shape index (κ1) is 25.1. The van der Waals surface area contributed by atoms with Gasteiger partial charge in [0.05, 0.1) is 18.2 Å². The number of para-hydroxylation sites is 1. The van der Waals surface area contributed by atoms with E-state index in [2.05, 4.69) is 25.6 Å². The van der Waals surface area contributed by atoms with Crippen molar-refractivity contribution in [2.24, 2.45) is 0 Å². The van der Waals surface area contributed by atoms with Crippen molar-refractivity contribution < 1.29 is 23.8 Å². The number of benzene rings is 2. The number of methoxy groups -OCH3 is 1. The average molecular weight is 528 g/mol. The Morgan fingerprint density at radius 1 is 1.12 bits per heavy atom. The molecule has 9 heteroatoms. The zero-order chi connectivity index (χ0) is 24.5. The summed E-state index contributed by atoms with van der Waals surface area (Å²) in [6.45, 7) is 4.36. The SMILES string of the molecule is CCOc1cc(/C=C(/C#N)C(=O)N2CCN(c3ccccc3)CC2)cc(Br)c1OCC(=O)OC. The molecular formula is C25H26BrN3O5. The molecule has 1 amide bonds. The number of hydrogen-bond acceptors (Lipinski definition) is 7. The highest BCUT2D eigenvalue weighted by Gasteiger charge is 2.24. The standard InChI is InChI=1S/C25H26BrN3O5/c1-3-33-22-15-18(14-21(26)24(22)34-17-23(30)32-2)13-19(16-27)25(31)29-11-9-28(10-12-29)20-7-5-4-6-8-20/h4-8,13-15H,3,9-12,17H2,1-2H3/b19-13-. The van der Waals surface area contributed by atoms with Gasteiger partial charge in [0.1, 0.15) is 11.6 Å². The third-order valence-corrected chi connectivity index (χ3v) is 5.83. The summed E-state index contributed by atoms with van der Waals surface area (Å²) in [5, 5.41) is 9.69. The van der Waals surface area contributed by atoms with E-state index >= 15 is 0 Å². The van der Waals surface area contributed by atoms with Gasteiger partial charge >= 0.3 is 5.97 Å². The predicted octanol–water partition coefficient (Wildman–Crippen LogP) is 3.66. The van der Waals surface area contributed by atoms with Crippen LogP contribution < -0.4 is 14.4 Å². The summed E-state index contributed by atoms with van der Waals surface area (Å²) in [5.41, 5.74) is 1.74. The maximum absolute atomic E-state index is 13.0. The van der Waals surface area contributed by atoms with Crippen LogP contribution in [0.15, 0.2) is 52.5 Å². The number of halogens is 1. The van der Waals surface area contributed by atoms with Gasteiger partial charge in [0.2, 0.25) is 0 Å². The molecule has 2 aromatic rings. The highest BCUT2D eigenvalue weighted by molar-refractivity contribution is 9.10. The summed E-state index contributed by atoms with van der Waals surface area (Å²) < 4.78 is 16.3. The van der Waals surface area contributed by atoms with Crippen LogP contribution in [0.1, 0.15) is 12.5 Å². The van der Waals surface area contributed by atoms with E-state index in [1.54, 1.807) is 17.0 Å². The number of anilines is 1. The van der Waals surface area contributed by atoms with Crippen LogP contribution in [0, 0.1) is 11.3 Å². The first-order chi connectivity index (χ1) is 16.5. The van der Waals surface area contributed by atoms with E-state index < -0.39 is 5.97 Å². The molecule has 0 spiro atoms. The van der Waals surface area contributed by atoms with Crippen molar-refractivity contribution in [3.05, 3.63) is 58.1 Å². The minimum absolute atomic E-state index is 0.0331. The number of rotatable bonds is 8. The third-order valence-electron chi connectivity index (χ3n) is 5.24. The van der Waals surface area contributed by atoms with E-state index in [4.69, 9.17) is 9.47 Å². The number of ether oxygens (including phenoxy) is 3. The maximum Gasteiger partial charge on any atom is 0.343 e. The van der Waals surface area contributed by atoms with Crippen LogP contribution in [-0.2, 0) is 14.3 Å². The Hall–Kier alpha value is -3.51. The fraction of sp³-hybridized carbons (Fsp3) is 0.320. The molecule has 0 aromatic heterocycles. The fourth-order valence-electron chi connectivity index (χ4n) is 3.55. The quantitative estimate of drug-likeness (QED) is 0.294. The number of esters is 1. The number of carbonyl (C=O) groups excluding carboxylic acids is 2. The lowest BCUT2D eigenvalue weighted by Gasteiger charge is -2.36. The fourth-order valence-corrected chi connectivity index (χ4v) is 4.12. The summed E-state index contributed by atoms with van der Waals surface area (Å²) >= 11 is 3.42. The van der Waals surface area contributed by atoms with Crippen molar-refractivity contribution in [1.82, 2.24) is 4.90 Å². The first-order valence-electron chi connectivity index (χ1n) is 10.8. The summed E-state index contributed by atoms with van der Waals surface area (Å²) in [7, 11) is 1.28. The number of amides is 1. The topological polar surface area (TPSA) is 92.1 Å². The Kier molecular flexibility index (Phi) is 8.93. The molecule has 0 aliphatic carbocycles. The molecule has 1 fully saturated rings. The van der Waals surface area contributed by atoms with E-state index in [1.165, 1.54) is 13.2 Å². The van der Waals surface area contributed by atoms with Gasteiger partial charge in [-0.25, -0.2) is 4.79 Å². The Bertz CT molecular complexity index is 1090. The zero-order valence-electron chi connectivity index (χ0n) is 19.1. The Balaban J connectivity index is 1.75. The molecular weight excluding hydrogens is 502 g/mol. The van der Waals surface area contributed by atoms with Gasteiger partial charge in [-0.15, -0.1) is 0 Å². The molecule has 0 saturated carbocycles. The van der Waals surface area contributed by atoms with Crippen molar-refractivity contribution in [1.29, 1.82) is 5.26 Å². The van der Waals surface area contributed by atoms with Gasteiger partial charge in [-0.2, -0.15) is 5.26 Å². The van der Waals surface area contributed by atoms with Crippen molar-refractivity contribution in [2.75, 3.05) is 51.4 Å². The van der Waals surface area contributed by atoms with Gasteiger partial charge in [0.25, 0.3) is 5.91 Å². The van der Waals surface area contributed by atoms with Crippen molar-refractivity contribution in [3.63, 3.8) is 0 Å². The van der Waals surface area contributed by atoms with Crippen molar-refractivity contribution in [2.45, 2.75) is 6.92 Å². The molecule has 0 N–H and O–H groups in total. The lowest BCUT2D eigenvalue weighted by Crippen LogP contribution is -2.49. The Labute approximate surface area is 207 Å². The number of piperazine rings is 1. The van der Waals surface area contributed by atoms with Crippen LogP contribution in [0.25, 0.3) is 6.08 Å². The maximum atomic E-state index is 13.0. The van der Waals surface area contributed by atoms with Gasteiger partial charge in [-0.05, 0) is 58.8 Å². The predicted molar refractivity (Wildman–Crippen MR) is 132 cm³/mol. The van der Waals surface area contributed by atoms with Crippen LogP contribution in [0.3, 0.4) is 0 Å². The molecule has 0 atom stereocenters. The molecule has 1 aliphatic rings. The molecule has 1 saturated heterocycles. The molecule has 1 heterocycles. The lowest BCUT2D eigenvalue weighted by atomic mass is 10.1. The van der Waals surface area contributed by atoms with Crippen LogP contribution in [0.2, 0.25) is 0 Å². The van der Waals surface area contributed by atoms with Gasteiger partial charge in [-0.3, -0.25) is 4.79 Å². The largest absolute Gasteiger partial charge is 0.490 e. The monoisotopic (exact) mass is 527 g/mol. The summed E-state index contributed by atoms with van der Waals surface area (Å²) in [6.07, 6.45) is 1.53. The lowest BCUT2D eigenvalue weighted by molar-refractivity contribution is -0.143. The number of nitriles is 1. The molecule has 0 radical (unpaired) electrons. The Morgan fingerprint density at radius 2 is 1.82 bits per heavy atom. The molecule has 0 unspecified atom stereocenters. The molecule has 178 valence electrons. The second-order valence-electron chi connectivity index (χ2n) is 7.41. The van der Waals surface area contributed by atoms with Crippen LogP contribution in [0.5, 0.6) is 11.5 Å². The van der Waals surface area contributed by atoms with Crippen LogP contribution in [0.4, 0.5) is 5.69 Å². The van der Waals surface area contributed by atoms with E-state index in [9.17, 15) is 14.9 Å². The molecule has 3 rings (SSSR count). The number of nitrogens with zero attached hydrogens (tertiary/aromatic N) is 3. The van der Waals surface area contributed by atoms with Gasteiger partial charge in [-0.1, -0.05) is 18.2 Å². The average Bonchev–Trinajstić information content (AvgIpc) is 2.87. The first-order valence-corrected chi connectivity index (χ1v) is 11.6. The van der Waals surface area contributed by atoms with E-state index in [1.807, 2.05) is 43.3 Å².